The lowest BCUT2D eigenvalue weighted by molar-refractivity contribution is 0.148. The van der Waals surface area contributed by atoms with Gasteiger partial charge in [0.15, 0.2) is 0 Å². The molecule has 0 bridgehead atoms. The van der Waals surface area contributed by atoms with Crippen LogP contribution in [0.5, 0.6) is 0 Å². The van der Waals surface area contributed by atoms with Gasteiger partial charge in [-0.1, -0.05) is 92.4 Å². The summed E-state index contributed by atoms with van der Waals surface area (Å²) in [7, 11) is 0. The Labute approximate surface area is 111 Å². The number of hydrogen-bond donors (Lipinski definition) is 0. The van der Waals surface area contributed by atoms with Gasteiger partial charge in [0, 0.05) is 0 Å². The van der Waals surface area contributed by atoms with E-state index in [0.29, 0.717) is 5.41 Å². The lowest BCUT2D eigenvalue weighted by Gasteiger charge is -2.36. The molecule has 0 unspecified atom stereocenters. The minimum atomic E-state index is 0.628. The maximum Gasteiger partial charge on any atom is -0.0280 e. The molecule has 0 heteroatoms. The second-order valence-electron chi connectivity index (χ2n) is 6.10. The van der Waals surface area contributed by atoms with Gasteiger partial charge in [0.05, 0.1) is 0 Å². The fourth-order valence-electron chi connectivity index (χ4n) is 3.14. The van der Waals surface area contributed by atoms with E-state index in [0.717, 1.165) is 5.92 Å². The summed E-state index contributed by atoms with van der Waals surface area (Å²) in [5.41, 5.74) is 0.628. The third-order valence-corrected chi connectivity index (χ3v) is 4.91. The highest BCUT2D eigenvalue weighted by molar-refractivity contribution is 4.79. The summed E-state index contributed by atoms with van der Waals surface area (Å²) in [4.78, 5) is 0. The van der Waals surface area contributed by atoms with Crippen LogP contribution in [-0.2, 0) is 0 Å². The highest BCUT2D eigenvalue weighted by Crippen LogP contribution is 2.40. The van der Waals surface area contributed by atoms with Gasteiger partial charge in [-0.05, 0) is 17.8 Å². The largest absolute Gasteiger partial charge is 0.0654 e. The van der Waals surface area contributed by atoms with Crippen LogP contribution in [0.3, 0.4) is 0 Å². The number of unbranched alkanes of at least 4 members (excludes halogenated alkanes) is 6. The Hall–Kier alpha value is 0. The molecule has 0 radical (unpaired) electrons. The molecule has 0 spiro atoms. The van der Waals surface area contributed by atoms with E-state index in [1.54, 1.807) is 0 Å². The molecule has 0 heterocycles. The van der Waals surface area contributed by atoms with E-state index < -0.39 is 0 Å². The van der Waals surface area contributed by atoms with E-state index in [-0.39, 0.29) is 0 Å². The monoisotopic (exact) mass is 240 g/mol. The zero-order valence-electron chi connectivity index (χ0n) is 13.1. The molecule has 0 saturated carbocycles. The average molecular weight is 240 g/mol. The molecule has 0 aliphatic rings. The maximum atomic E-state index is 2.41. The first-order valence-electron chi connectivity index (χ1n) is 8.13. The molecule has 0 rings (SSSR count). The number of rotatable bonds is 11. The molecule has 0 aromatic carbocycles. The van der Waals surface area contributed by atoms with Crippen LogP contribution < -0.4 is 0 Å². The molecule has 0 aliphatic carbocycles. The summed E-state index contributed by atoms with van der Waals surface area (Å²) in [5, 5.41) is 0. The fraction of sp³-hybridized carbons (Fsp3) is 1.00. The van der Waals surface area contributed by atoms with Gasteiger partial charge < -0.3 is 0 Å². The van der Waals surface area contributed by atoms with Gasteiger partial charge in [0.1, 0.15) is 0 Å². The summed E-state index contributed by atoms with van der Waals surface area (Å²) in [6.45, 7) is 11.9. The normalized spacial score (nSPS) is 12.4. The standard InChI is InChI=1S/C17H36/c1-6-9-10-11-12-13-14-15-17(7-2,8-3)16(4)5/h16H,6-15H2,1-5H3. The highest BCUT2D eigenvalue weighted by Gasteiger charge is 2.28. The van der Waals surface area contributed by atoms with Gasteiger partial charge in [-0.25, -0.2) is 0 Å². The summed E-state index contributed by atoms with van der Waals surface area (Å²) >= 11 is 0. The predicted molar refractivity (Wildman–Crippen MR) is 80.5 cm³/mol. The predicted octanol–water partition coefficient (Wildman–Crippen LogP) is 6.59. The zero-order chi connectivity index (χ0) is 13.1. The molecule has 0 amide bonds. The second-order valence-corrected chi connectivity index (χ2v) is 6.10. The van der Waals surface area contributed by atoms with E-state index in [1.165, 1.54) is 64.2 Å². The van der Waals surface area contributed by atoms with E-state index in [2.05, 4.69) is 34.6 Å². The molecular formula is C17H36. The summed E-state index contributed by atoms with van der Waals surface area (Å²) in [6, 6.07) is 0. The van der Waals surface area contributed by atoms with Crippen molar-refractivity contribution in [3.63, 3.8) is 0 Å². The molecule has 0 aromatic heterocycles. The van der Waals surface area contributed by atoms with Crippen LogP contribution in [0, 0.1) is 11.3 Å². The van der Waals surface area contributed by atoms with Crippen molar-refractivity contribution < 1.29 is 0 Å². The Kier molecular flexibility index (Phi) is 9.97. The number of hydrogen-bond acceptors (Lipinski definition) is 0. The molecular weight excluding hydrogens is 204 g/mol. The van der Waals surface area contributed by atoms with Crippen molar-refractivity contribution >= 4 is 0 Å². The van der Waals surface area contributed by atoms with Crippen molar-refractivity contribution in [3.05, 3.63) is 0 Å². The molecule has 0 saturated heterocycles. The van der Waals surface area contributed by atoms with E-state index >= 15 is 0 Å². The smallest absolute Gasteiger partial charge is 0.0280 e. The van der Waals surface area contributed by atoms with Crippen LogP contribution in [-0.4, -0.2) is 0 Å². The molecule has 0 fully saturated rings. The van der Waals surface area contributed by atoms with Crippen LogP contribution in [0.15, 0.2) is 0 Å². The molecule has 0 atom stereocenters. The molecule has 104 valence electrons. The molecule has 0 aromatic rings. The molecule has 17 heavy (non-hydrogen) atoms. The van der Waals surface area contributed by atoms with Gasteiger partial charge in [-0.2, -0.15) is 0 Å². The first-order valence-corrected chi connectivity index (χ1v) is 8.13. The van der Waals surface area contributed by atoms with Crippen molar-refractivity contribution in [2.75, 3.05) is 0 Å². The average Bonchev–Trinajstić information content (AvgIpc) is 2.33. The topological polar surface area (TPSA) is 0 Å². The van der Waals surface area contributed by atoms with Crippen LogP contribution in [0.4, 0.5) is 0 Å². The first-order chi connectivity index (χ1) is 8.13. The van der Waals surface area contributed by atoms with Crippen LogP contribution in [0.1, 0.15) is 98.8 Å². The van der Waals surface area contributed by atoms with E-state index in [4.69, 9.17) is 0 Å². The fourth-order valence-corrected chi connectivity index (χ4v) is 3.14. The van der Waals surface area contributed by atoms with Gasteiger partial charge >= 0.3 is 0 Å². The van der Waals surface area contributed by atoms with Crippen molar-refractivity contribution in [1.82, 2.24) is 0 Å². The van der Waals surface area contributed by atoms with Gasteiger partial charge in [0.25, 0.3) is 0 Å². The van der Waals surface area contributed by atoms with Crippen molar-refractivity contribution in [1.29, 1.82) is 0 Å². The lowest BCUT2D eigenvalue weighted by atomic mass is 9.69. The van der Waals surface area contributed by atoms with Gasteiger partial charge in [-0.15, -0.1) is 0 Å². The first kappa shape index (κ1) is 17.0. The van der Waals surface area contributed by atoms with Crippen LogP contribution in [0.2, 0.25) is 0 Å². The summed E-state index contributed by atoms with van der Waals surface area (Å²) in [6.07, 6.45) is 14.2. The van der Waals surface area contributed by atoms with Crippen molar-refractivity contribution in [3.8, 4) is 0 Å². The Morgan fingerprint density at radius 2 is 1.18 bits per heavy atom. The Morgan fingerprint density at radius 1 is 0.706 bits per heavy atom. The van der Waals surface area contributed by atoms with Gasteiger partial charge in [0.2, 0.25) is 0 Å². The minimum absolute atomic E-state index is 0.628. The van der Waals surface area contributed by atoms with E-state index in [1.807, 2.05) is 0 Å². The lowest BCUT2D eigenvalue weighted by Crippen LogP contribution is -2.25. The molecule has 0 N–H and O–H groups in total. The van der Waals surface area contributed by atoms with Crippen LogP contribution in [0.25, 0.3) is 0 Å². The second kappa shape index (κ2) is 9.97. The quantitative estimate of drug-likeness (QED) is 0.357. The maximum absolute atomic E-state index is 2.41. The Bertz CT molecular complexity index is 153. The van der Waals surface area contributed by atoms with Crippen molar-refractivity contribution in [2.24, 2.45) is 11.3 Å². The summed E-state index contributed by atoms with van der Waals surface area (Å²) < 4.78 is 0. The third-order valence-electron chi connectivity index (χ3n) is 4.91. The summed E-state index contributed by atoms with van der Waals surface area (Å²) in [5.74, 6) is 0.845. The van der Waals surface area contributed by atoms with Gasteiger partial charge in [-0.3, -0.25) is 0 Å². The Balaban J connectivity index is 3.69. The minimum Gasteiger partial charge on any atom is -0.0654 e. The van der Waals surface area contributed by atoms with Crippen molar-refractivity contribution in [2.45, 2.75) is 98.8 Å². The van der Waals surface area contributed by atoms with E-state index in [9.17, 15) is 0 Å². The third kappa shape index (κ3) is 6.48. The molecule has 0 aliphatic heterocycles. The SMILES string of the molecule is CCCCCCCCCC(CC)(CC)C(C)C. The molecule has 0 nitrogen and oxygen atoms in total. The van der Waals surface area contributed by atoms with Crippen LogP contribution >= 0.6 is 0 Å². The Morgan fingerprint density at radius 3 is 1.59 bits per heavy atom. The zero-order valence-corrected chi connectivity index (χ0v) is 13.1. The highest BCUT2D eigenvalue weighted by atomic mass is 14.3.